The van der Waals surface area contributed by atoms with Gasteiger partial charge in [0, 0.05) is 5.54 Å². The fraction of sp³-hybridized carbons (Fsp3) is 0.273. The Labute approximate surface area is 77.1 Å². The quantitative estimate of drug-likeness (QED) is 0.737. The molecule has 2 heteroatoms. The van der Waals surface area contributed by atoms with Crippen molar-refractivity contribution >= 4 is 6.08 Å². The van der Waals surface area contributed by atoms with Crippen LogP contribution in [0.2, 0.25) is 0 Å². The van der Waals surface area contributed by atoms with E-state index in [1.807, 2.05) is 12.2 Å². The molecule has 1 aliphatic carbocycles. The Kier molecular flexibility index (Phi) is 1.93. The Morgan fingerprint density at radius 1 is 1.23 bits per heavy atom. The number of halogens is 1. The van der Waals surface area contributed by atoms with Gasteiger partial charge in [0.1, 0.15) is 5.82 Å². The number of nitrogens with two attached hydrogens (primary N) is 1. The van der Waals surface area contributed by atoms with E-state index < -0.39 is 0 Å². The van der Waals surface area contributed by atoms with Gasteiger partial charge in [-0.05, 0) is 30.5 Å². The van der Waals surface area contributed by atoms with Crippen LogP contribution in [0.3, 0.4) is 0 Å². The van der Waals surface area contributed by atoms with Gasteiger partial charge in [0.2, 0.25) is 0 Å². The Balaban J connectivity index is 2.09. The maximum absolute atomic E-state index is 12.5. The van der Waals surface area contributed by atoms with Crippen molar-refractivity contribution in [2.75, 3.05) is 0 Å². The van der Waals surface area contributed by atoms with Gasteiger partial charge in [0.05, 0.1) is 0 Å². The van der Waals surface area contributed by atoms with Crippen LogP contribution in [0, 0.1) is 5.82 Å². The molecule has 1 aliphatic rings. The third-order valence-electron chi connectivity index (χ3n) is 2.31. The molecule has 0 amide bonds. The minimum absolute atomic E-state index is 0.0750. The van der Waals surface area contributed by atoms with E-state index in [4.69, 9.17) is 5.73 Å². The van der Waals surface area contributed by atoms with E-state index in [1.165, 1.54) is 12.1 Å². The fourth-order valence-corrected chi connectivity index (χ4v) is 1.15. The third kappa shape index (κ3) is 2.16. The molecule has 1 aromatic rings. The molecule has 0 unspecified atom stereocenters. The van der Waals surface area contributed by atoms with Crippen LogP contribution in [0.4, 0.5) is 4.39 Å². The van der Waals surface area contributed by atoms with E-state index in [2.05, 4.69) is 0 Å². The predicted molar refractivity (Wildman–Crippen MR) is 51.6 cm³/mol. The lowest BCUT2D eigenvalue weighted by Crippen LogP contribution is -2.17. The zero-order chi connectivity index (χ0) is 9.31. The van der Waals surface area contributed by atoms with Gasteiger partial charge >= 0.3 is 0 Å². The molecule has 68 valence electrons. The summed E-state index contributed by atoms with van der Waals surface area (Å²) in [6.45, 7) is 0. The van der Waals surface area contributed by atoms with Crippen LogP contribution < -0.4 is 5.73 Å². The van der Waals surface area contributed by atoms with Gasteiger partial charge in [0.15, 0.2) is 0 Å². The van der Waals surface area contributed by atoms with Crippen molar-refractivity contribution in [3.8, 4) is 0 Å². The van der Waals surface area contributed by atoms with Crippen LogP contribution in [0.25, 0.3) is 6.08 Å². The van der Waals surface area contributed by atoms with Crippen molar-refractivity contribution in [2.45, 2.75) is 18.4 Å². The Morgan fingerprint density at radius 3 is 2.38 bits per heavy atom. The minimum Gasteiger partial charge on any atom is -0.322 e. The zero-order valence-electron chi connectivity index (χ0n) is 7.33. The number of benzene rings is 1. The molecule has 0 radical (unpaired) electrons. The Hall–Kier alpha value is -1.15. The van der Waals surface area contributed by atoms with Crippen molar-refractivity contribution < 1.29 is 4.39 Å². The molecular formula is C11H12FN. The molecule has 0 aliphatic heterocycles. The molecular weight excluding hydrogens is 165 g/mol. The lowest BCUT2D eigenvalue weighted by Gasteiger charge is -1.98. The summed E-state index contributed by atoms with van der Waals surface area (Å²) in [6.07, 6.45) is 6.07. The highest BCUT2D eigenvalue weighted by Crippen LogP contribution is 2.33. The van der Waals surface area contributed by atoms with E-state index in [0.717, 1.165) is 18.4 Å². The molecule has 0 saturated heterocycles. The molecule has 2 rings (SSSR count). The van der Waals surface area contributed by atoms with Crippen LogP contribution in [0.1, 0.15) is 18.4 Å². The van der Waals surface area contributed by atoms with Gasteiger partial charge in [-0.2, -0.15) is 0 Å². The molecule has 1 saturated carbocycles. The summed E-state index contributed by atoms with van der Waals surface area (Å²) in [5, 5.41) is 0. The first kappa shape index (κ1) is 8.45. The molecule has 0 spiro atoms. The molecule has 0 heterocycles. The van der Waals surface area contributed by atoms with Gasteiger partial charge in [-0.3, -0.25) is 0 Å². The highest BCUT2D eigenvalue weighted by atomic mass is 19.1. The number of hydrogen-bond donors (Lipinski definition) is 1. The van der Waals surface area contributed by atoms with Crippen molar-refractivity contribution in [3.05, 3.63) is 41.7 Å². The lowest BCUT2D eigenvalue weighted by molar-refractivity contribution is 0.628. The van der Waals surface area contributed by atoms with Crippen molar-refractivity contribution in [3.63, 3.8) is 0 Å². The Morgan fingerprint density at radius 2 is 1.85 bits per heavy atom. The standard InChI is InChI=1S/C11H12FN/c12-10-3-1-9(2-4-10)5-6-11(13)7-8-11/h1-6H,7-8,13H2/b6-5+. The van der Waals surface area contributed by atoms with Crippen LogP contribution >= 0.6 is 0 Å². The SMILES string of the molecule is NC1(/C=C/c2ccc(F)cc2)CC1. The first-order chi connectivity index (χ1) is 6.18. The highest BCUT2D eigenvalue weighted by molar-refractivity contribution is 5.51. The molecule has 1 nitrogen and oxygen atoms in total. The topological polar surface area (TPSA) is 26.0 Å². The normalized spacial score (nSPS) is 19.2. The fourth-order valence-electron chi connectivity index (χ4n) is 1.15. The summed E-state index contributed by atoms with van der Waals surface area (Å²) in [6, 6.07) is 6.40. The van der Waals surface area contributed by atoms with Gasteiger partial charge in [0.25, 0.3) is 0 Å². The average molecular weight is 177 g/mol. The van der Waals surface area contributed by atoms with Crippen molar-refractivity contribution in [1.29, 1.82) is 0 Å². The first-order valence-electron chi connectivity index (χ1n) is 4.42. The van der Waals surface area contributed by atoms with Crippen LogP contribution in [-0.4, -0.2) is 5.54 Å². The second-order valence-electron chi connectivity index (χ2n) is 3.62. The maximum Gasteiger partial charge on any atom is 0.123 e. The molecule has 0 atom stereocenters. The van der Waals surface area contributed by atoms with Gasteiger partial charge < -0.3 is 5.73 Å². The second kappa shape index (κ2) is 2.96. The van der Waals surface area contributed by atoms with Crippen LogP contribution in [0.15, 0.2) is 30.3 Å². The Bertz CT molecular complexity index is 322. The van der Waals surface area contributed by atoms with Crippen molar-refractivity contribution in [1.82, 2.24) is 0 Å². The third-order valence-corrected chi connectivity index (χ3v) is 2.31. The summed E-state index contributed by atoms with van der Waals surface area (Å²) >= 11 is 0. The summed E-state index contributed by atoms with van der Waals surface area (Å²) in [4.78, 5) is 0. The van der Waals surface area contributed by atoms with E-state index in [1.54, 1.807) is 12.1 Å². The molecule has 0 aromatic heterocycles. The van der Waals surface area contributed by atoms with E-state index >= 15 is 0 Å². The second-order valence-corrected chi connectivity index (χ2v) is 3.62. The largest absolute Gasteiger partial charge is 0.322 e. The summed E-state index contributed by atoms with van der Waals surface area (Å²) in [5.74, 6) is -0.203. The summed E-state index contributed by atoms with van der Waals surface area (Å²) < 4.78 is 12.5. The van der Waals surface area contributed by atoms with E-state index in [0.29, 0.717) is 0 Å². The van der Waals surface area contributed by atoms with Gasteiger partial charge in [-0.1, -0.05) is 24.3 Å². The maximum atomic E-state index is 12.5. The minimum atomic E-state index is -0.203. The zero-order valence-corrected chi connectivity index (χ0v) is 7.33. The summed E-state index contributed by atoms with van der Waals surface area (Å²) in [5.41, 5.74) is 6.79. The average Bonchev–Trinajstić information content (AvgIpc) is 2.84. The van der Waals surface area contributed by atoms with Gasteiger partial charge in [-0.15, -0.1) is 0 Å². The number of rotatable bonds is 2. The van der Waals surface area contributed by atoms with Gasteiger partial charge in [-0.25, -0.2) is 4.39 Å². The lowest BCUT2D eigenvalue weighted by atomic mass is 10.1. The van der Waals surface area contributed by atoms with Crippen LogP contribution in [-0.2, 0) is 0 Å². The predicted octanol–water partition coefficient (Wildman–Crippen LogP) is 2.33. The molecule has 13 heavy (non-hydrogen) atoms. The first-order valence-corrected chi connectivity index (χ1v) is 4.42. The monoisotopic (exact) mass is 177 g/mol. The summed E-state index contributed by atoms with van der Waals surface area (Å²) in [7, 11) is 0. The molecule has 2 N–H and O–H groups in total. The van der Waals surface area contributed by atoms with E-state index in [-0.39, 0.29) is 11.4 Å². The highest BCUT2D eigenvalue weighted by Gasteiger charge is 2.34. The van der Waals surface area contributed by atoms with E-state index in [9.17, 15) is 4.39 Å². The molecule has 0 bridgehead atoms. The smallest absolute Gasteiger partial charge is 0.123 e. The molecule has 1 fully saturated rings. The molecule has 1 aromatic carbocycles. The van der Waals surface area contributed by atoms with Crippen molar-refractivity contribution in [2.24, 2.45) is 5.73 Å². The van der Waals surface area contributed by atoms with Crippen LogP contribution in [0.5, 0.6) is 0 Å². The number of hydrogen-bond acceptors (Lipinski definition) is 1.